The zero-order chi connectivity index (χ0) is 37.0. The molecule has 0 N–H and O–H groups in total. The van der Waals surface area contributed by atoms with Gasteiger partial charge in [0, 0.05) is 44.4 Å². The van der Waals surface area contributed by atoms with Crippen molar-refractivity contribution in [3.63, 3.8) is 0 Å². The zero-order valence-electron chi connectivity index (χ0n) is 30.2. The minimum absolute atomic E-state index is 0.566. The number of furan rings is 1. The van der Waals surface area contributed by atoms with Crippen LogP contribution in [0.4, 0.5) is 0 Å². The quantitative estimate of drug-likeness (QED) is 0.172. The van der Waals surface area contributed by atoms with E-state index in [4.69, 9.17) is 19.4 Å². The maximum Gasteiger partial charge on any atom is 0.167 e. The highest BCUT2D eigenvalue weighted by Crippen LogP contribution is 2.41. The van der Waals surface area contributed by atoms with Crippen LogP contribution in [0, 0.1) is 0 Å². The third-order valence-electron chi connectivity index (χ3n) is 10.7. The summed E-state index contributed by atoms with van der Waals surface area (Å²) in [6.45, 7) is 0. The fourth-order valence-corrected chi connectivity index (χ4v) is 7.96. The molecule has 5 nitrogen and oxygen atoms in total. The topological polar surface area (TPSA) is 56.7 Å². The SMILES string of the molecule is c1ccc(-c2cccc(-c3ccc(-n4c5ccccc5c5cc6c(cc54)oc4c(-c5nc(-c7ccccc7)nc(-c7ccccc7)n5)cccc46)cc3)c2)cc1. The molecule has 0 radical (unpaired) electrons. The number of benzene rings is 8. The average molecular weight is 717 g/mol. The first-order valence-corrected chi connectivity index (χ1v) is 18.8. The van der Waals surface area contributed by atoms with E-state index in [0.29, 0.717) is 17.5 Å². The van der Waals surface area contributed by atoms with E-state index in [-0.39, 0.29) is 0 Å². The molecule has 0 aliphatic carbocycles. The second kappa shape index (κ2) is 13.0. The van der Waals surface area contributed by atoms with Crippen molar-refractivity contribution in [2.75, 3.05) is 0 Å². The van der Waals surface area contributed by atoms with Crippen LogP contribution in [0.3, 0.4) is 0 Å². The van der Waals surface area contributed by atoms with Gasteiger partial charge in [-0.1, -0.05) is 152 Å². The van der Waals surface area contributed by atoms with Crippen LogP contribution in [0.15, 0.2) is 199 Å². The molecular weight excluding hydrogens is 685 g/mol. The standard InChI is InChI=1S/C51H32N4O/c1-4-14-33(15-5-1)37-20-12-21-38(30-37)34-26-28-39(29-27-34)55-45-25-11-10-22-40(45)43-31-44-41-23-13-24-42(48(41)56-47(44)32-46(43)55)51-53-49(35-16-6-2-7-17-35)52-50(54-51)36-18-8-3-9-19-36/h1-32H. The maximum absolute atomic E-state index is 6.84. The van der Waals surface area contributed by atoms with Gasteiger partial charge >= 0.3 is 0 Å². The van der Waals surface area contributed by atoms with E-state index in [1.807, 2.05) is 66.7 Å². The Kier molecular flexibility index (Phi) is 7.42. The summed E-state index contributed by atoms with van der Waals surface area (Å²) in [7, 11) is 0. The van der Waals surface area contributed by atoms with E-state index in [2.05, 4.69) is 132 Å². The first kappa shape index (κ1) is 31.9. The highest BCUT2D eigenvalue weighted by atomic mass is 16.3. The van der Waals surface area contributed by atoms with E-state index in [9.17, 15) is 0 Å². The molecule has 262 valence electrons. The lowest BCUT2D eigenvalue weighted by molar-refractivity contribution is 0.670. The molecule has 3 heterocycles. The first-order chi connectivity index (χ1) is 27.7. The number of aromatic nitrogens is 4. The lowest BCUT2D eigenvalue weighted by Crippen LogP contribution is -2.00. The van der Waals surface area contributed by atoms with Gasteiger partial charge in [-0.3, -0.25) is 0 Å². The van der Waals surface area contributed by atoms with Crippen molar-refractivity contribution in [2.24, 2.45) is 0 Å². The summed E-state index contributed by atoms with van der Waals surface area (Å²) in [5, 5.41) is 4.42. The average Bonchev–Trinajstić information content (AvgIpc) is 3.81. The predicted molar refractivity (Wildman–Crippen MR) is 229 cm³/mol. The van der Waals surface area contributed by atoms with Crippen LogP contribution in [0.2, 0.25) is 0 Å². The van der Waals surface area contributed by atoms with Gasteiger partial charge in [0.15, 0.2) is 17.5 Å². The van der Waals surface area contributed by atoms with Crippen molar-refractivity contribution in [2.45, 2.75) is 0 Å². The molecule has 0 bridgehead atoms. The monoisotopic (exact) mass is 716 g/mol. The molecule has 0 aliphatic heterocycles. The molecule has 11 aromatic rings. The van der Waals surface area contributed by atoms with E-state index < -0.39 is 0 Å². The summed E-state index contributed by atoms with van der Waals surface area (Å²) in [6, 6.07) is 67.5. The van der Waals surface area contributed by atoms with Gasteiger partial charge in [0.05, 0.1) is 16.6 Å². The van der Waals surface area contributed by atoms with E-state index >= 15 is 0 Å². The van der Waals surface area contributed by atoms with E-state index in [1.54, 1.807) is 0 Å². The summed E-state index contributed by atoms with van der Waals surface area (Å²) < 4.78 is 9.17. The molecule has 8 aromatic carbocycles. The van der Waals surface area contributed by atoms with Crippen molar-refractivity contribution in [3.05, 3.63) is 194 Å². The molecule has 0 unspecified atom stereocenters. The number of fused-ring (bicyclic) bond motifs is 6. The molecule has 0 spiro atoms. The highest BCUT2D eigenvalue weighted by molar-refractivity contribution is 6.18. The summed E-state index contributed by atoms with van der Waals surface area (Å²) in [5.74, 6) is 1.80. The summed E-state index contributed by atoms with van der Waals surface area (Å²) >= 11 is 0. The molecule has 0 aliphatic rings. The largest absolute Gasteiger partial charge is 0.455 e. The maximum atomic E-state index is 6.84. The number of nitrogens with zero attached hydrogens (tertiary/aromatic N) is 4. The van der Waals surface area contributed by atoms with Crippen molar-refractivity contribution in [1.82, 2.24) is 19.5 Å². The predicted octanol–water partition coefficient (Wildman–Crippen LogP) is 13.2. The van der Waals surface area contributed by atoms with E-state index in [0.717, 1.165) is 55.3 Å². The van der Waals surface area contributed by atoms with Crippen LogP contribution >= 0.6 is 0 Å². The molecule has 56 heavy (non-hydrogen) atoms. The minimum atomic E-state index is 0.566. The van der Waals surface area contributed by atoms with Crippen molar-refractivity contribution < 1.29 is 4.42 Å². The van der Waals surface area contributed by atoms with Gasteiger partial charge < -0.3 is 8.98 Å². The molecular formula is C51H32N4O. The lowest BCUT2D eigenvalue weighted by atomic mass is 9.99. The van der Waals surface area contributed by atoms with Crippen LogP contribution < -0.4 is 0 Å². The van der Waals surface area contributed by atoms with Gasteiger partial charge in [-0.2, -0.15) is 0 Å². The molecule has 0 saturated heterocycles. The lowest BCUT2D eigenvalue weighted by Gasteiger charge is -2.10. The fraction of sp³-hybridized carbons (Fsp3) is 0. The van der Waals surface area contributed by atoms with Crippen LogP contribution in [-0.2, 0) is 0 Å². The highest BCUT2D eigenvalue weighted by Gasteiger charge is 2.20. The van der Waals surface area contributed by atoms with E-state index in [1.165, 1.54) is 33.0 Å². The molecule has 11 rings (SSSR count). The Balaban J connectivity index is 1.06. The van der Waals surface area contributed by atoms with Gasteiger partial charge in [0.25, 0.3) is 0 Å². The Labute approximate surface area is 322 Å². The number of para-hydroxylation sites is 2. The number of rotatable bonds is 6. The Morgan fingerprint density at radius 2 is 0.875 bits per heavy atom. The number of hydrogen-bond acceptors (Lipinski definition) is 4. The summed E-state index contributed by atoms with van der Waals surface area (Å²) in [5.41, 5.74) is 12.3. The fourth-order valence-electron chi connectivity index (χ4n) is 7.96. The smallest absolute Gasteiger partial charge is 0.167 e. The zero-order valence-corrected chi connectivity index (χ0v) is 30.2. The third-order valence-corrected chi connectivity index (χ3v) is 10.7. The summed E-state index contributed by atoms with van der Waals surface area (Å²) in [4.78, 5) is 14.9. The first-order valence-electron chi connectivity index (χ1n) is 18.8. The number of hydrogen-bond donors (Lipinski definition) is 0. The van der Waals surface area contributed by atoms with Crippen LogP contribution in [0.5, 0.6) is 0 Å². The second-order valence-corrected chi connectivity index (χ2v) is 14.0. The normalized spacial score (nSPS) is 11.6. The molecule has 3 aromatic heterocycles. The Bertz CT molecular complexity index is 3160. The molecule has 0 amide bonds. The second-order valence-electron chi connectivity index (χ2n) is 14.0. The molecule has 0 saturated carbocycles. The van der Waals surface area contributed by atoms with Crippen LogP contribution in [0.25, 0.3) is 106 Å². The summed E-state index contributed by atoms with van der Waals surface area (Å²) in [6.07, 6.45) is 0. The van der Waals surface area contributed by atoms with Gasteiger partial charge in [-0.05, 0) is 58.7 Å². The van der Waals surface area contributed by atoms with Gasteiger partial charge in [-0.25, -0.2) is 15.0 Å². The molecule has 0 fully saturated rings. The van der Waals surface area contributed by atoms with Crippen LogP contribution in [0.1, 0.15) is 0 Å². The van der Waals surface area contributed by atoms with Crippen molar-refractivity contribution in [1.29, 1.82) is 0 Å². The Morgan fingerprint density at radius 1 is 0.339 bits per heavy atom. The Morgan fingerprint density at radius 3 is 1.55 bits per heavy atom. The molecule has 0 atom stereocenters. The van der Waals surface area contributed by atoms with Crippen LogP contribution in [-0.4, -0.2) is 19.5 Å². The van der Waals surface area contributed by atoms with Crippen molar-refractivity contribution >= 4 is 43.7 Å². The van der Waals surface area contributed by atoms with Crippen molar-refractivity contribution in [3.8, 4) is 62.1 Å². The third kappa shape index (κ3) is 5.37. The van der Waals surface area contributed by atoms with Gasteiger partial charge in [0.1, 0.15) is 11.2 Å². The minimum Gasteiger partial charge on any atom is -0.455 e. The molecule has 5 heteroatoms. The van der Waals surface area contributed by atoms with Gasteiger partial charge in [-0.15, -0.1) is 0 Å². The Hall–Kier alpha value is -7.63. The van der Waals surface area contributed by atoms with Gasteiger partial charge in [0.2, 0.25) is 0 Å².